The molecule has 0 saturated heterocycles. The van der Waals surface area contributed by atoms with Gasteiger partial charge < -0.3 is 14.2 Å². The van der Waals surface area contributed by atoms with E-state index < -0.39 is 0 Å². The molecule has 0 aliphatic carbocycles. The van der Waals surface area contributed by atoms with Crippen LogP contribution < -0.4 is 9.47 Å². The van der Waals surface area contributed by atoms with Crippen LogP contribution >= 0.6 is 0 Å². The van der Waals surface area contributed by atoms with E-state index in [-0.39, 0.29) is 5.97 Å². The molecular formula is C25H32O4. The van der Waals surface area contributed by atoms with Gasteiger partial charge in [-0.1, -0.05) is 63.1 Å². The highest BCUT2D eigenvalue weighted by Gasteiger charge is 2.07. The molecule has 29 heavy (non-hydrogen) atoms. The van der Waals surface area contributed by atoms with Crippen molar-refractivity contribution in [3.8, 4) is 11.5 Å². The van der Waals surface area contributed by atoms with E-state index >= 15 is 0 Å². The topological polar surface area (TPSA) is 44.8 Å². The molecule has 4 heteroatoms. The summed E-state index contributed by atoms with van der Waals surface area (Å²) in [6.45, 7) is 5.95. The van der Waals surface area contributed by atoms with Crippen LogP contribution in [0.1, 0.15) is 50.7 Å². The van der Waals surface area contributed by atoms with Gasteiger partial charge in [-0.3, -0.25) is 0 Å². The molecule has 0 fully saturated rings. The summed E-state index contributed by atoms with van der Waals surface area (Å²) in [7, 11) is 0. The predicted molar refractivity (Wildman–Crippen MR) is 117 cm³/mol. The third kappa shape index (κ3) is 8.86. The van der Waals surface area contributed by atoms with Crippen LogP contribution in [0.3, 0.4) is 0 Å². The Hall–Kier alpha value is -2.75. The molecule has 0 N–H and O–H groups in total. The van der Waals surface area contributed by atoms with E-state index in [1.165, 1.54) is 6.08 Å². The highest BCUT2D eigenvalue weighted by molar-refractivity contribution is 5.87. The zero-order valence-corrected chi connectivity index (χ0v) is 17.6. The molecule has 0 amide bonds. The van der Waals surface area contributed by atoms with Gasteiger partial charge in [-0.2, -0.15) is 0 Å². The highest BCUT2D eigenvalue weighted by Crippen LogP contribution is 2.29. The summed E-state index contributed by atoms with van der Waals surface area (Å²) in [5.74, 6) is 1.11. The lowest BCUT2D eigenvalue weighted by molar-refractivity contribution is -0.137. The van der Waals surface area contributed by atoms with Gasteiger partial charge in [0.2, 0.25) is 0 Å². The standard InChI is InChI=1S/C25H32O4/c1-3-5-17-27-23-14-12-22(20-24(23)28-18-6-4-2)13-15-25(26)29-19-16-21-10-8-7-9-11-21/h7-15,20H,3-6,16-19H2,1-2H3/b15-13-. The molecule has 0 radical (unpaired) electrons. The van der Waals surface area contributed by atoms with Crippen LogP contribution in [0.15, 0.2) is 54.6 Å². The molecule has 4 nitrogen and oxygen atoms in total. The van der Waals surface area contributed by atoms with Crippen molar-refractivity contribution in [1.29, 1.82) is 0 Å². The van der Waals surface area contributed by atoms with Gasteiger partial charge in [-0.25, -0.2) is 4.79 Å². The van der Waals surface area contributed by atoms with Crippen LogP contribution in [0.4, 0.5) is 0 Å². The Morgan fingerprint density at radius 3 is 2.24 bits per heavy atom. The van der Waals surface area contributed by atoms with E-state index in [1.54, 1.807) is 6.08 Å². The Morgan fingerprint density at radius 2 is 1.55 bits per heavy atom. The minimum atomic E-state index is -0.349. The van der Waals surface area contributed by atoms with Gasteiger partial charge in [0, 0.05) is 12.5 Å². The Balaban J connectivity index is 1.91. The minimum Gasteiger partial charge on any atom is -0.490 e. The van der Waals surface area contributed by atoms with Crippen LogP contribution in [0, 0.1) is 0 Å². The number of hydrogen-bond acceptors (Lipinski definition) is 4. The largest absolute Gasteiger partial charge is 0.490 e. The number of carbonyl (C=O) groups is 1. The lowest BCUT2D eigenvalue weighted by Crippen LogP contribution is -2.04. The van der Waals surface area contributed by atoms with E-state index in [4.69, 9.17) is 14.2 Å². The molecule has 0 aliphatic rings. The number of esters is 1. The van der Waals surface area contributed by atoms with Crippen molar-refractivity contribution in [1.82, 2.24) is 0 Å². The Kier molecular flexibility index (Phi) is 10.4. The molecule has 0 heterocycles. The smallest absolute Gasteiger partial charge is 0.330 e. The SMILES string of the molecule is CCCCOc1ccc(/C=C\C(=O)OCCc2ccccc2)cc1OCCCC. The Morgan fingerprint density at radius 1 is 0.862 bits per heavy atom. The van der Waals surface area contributed by atoms with Gasteiger partial charge in [0.1, 0.15) is 0 Å². The maximum Gasteiger partial charge on any atom is 0.330 e. The van der Waals surface area contributed by atoms with Crippen molar-refractivity contribution in [2.45, 2.75) is 46.0 Å². The maximum atomic E-state index is 12.0. The van der Waals surface area contributed by atoms with Crippen molar-refractivity contribution in [3.63, 3.8) is 0 Å². The van der Waals surface area contributed by atoms with E-state index in [9.17, 15) is 4.79 Å². The van der Waals surface area contributed by atoms with Crippen LogP contribution in [0.2, 0.25) is 0 Å². The van der Waals surface area contributed by atoms with E-state index in [0.717, 1.165) is 42.6 Å². The van der Waals surface area contributed by atoms with Crippen LogP contribution in [0.5, 0.6) is 11.5 Å². The first-order valence-electron chi connectivity index (χ1n) is 10.5. The van der Waals surface area contributed by atoms with Crippen LogP contribution in [-0.2, 0) is 16.0 Å². The normalized spacial score (nSPS) is 10.8. The second-order valence-corrected chi connectivity index (χ2v) is 6.85. The molecule has 0 unspecified atom stereocenters. The first kappa shape index (κ1) is 22.5. The monoisotopic (exact) mass is 396 g/mol. The van der Waals surface area contributed by atoms with Crippen LogP contribution in [0.25, 0.3) is 6.08 Å². The average Bonchev–Trinajstić information content (AvgIpc) is 2.74. The molecule has 0 aliphatic heterocycles. The zero-order chi connectivity index (χ0) is 20.7. The molecule has 2 aromatic rings. The lowest BCUT2D eigenvalue weighted by Gasteiger charge is -2.13. The molecule has 156 valence electrons. The number of hydrogen-bond donors (Lipinski definition) is 0. The summed E-state index contributed by atoms with van der Waals surface area (Å²) < 4.78 is 17.0. The summed E-state index contributed by atoms with van der Waals surface area (Å²) in [5.41, 5.74) is 2.02. The number of unbranched alkanes of at least 4 members (excludes halogenated alkanes) is 2. The van der Waals surface area contributed by atoms with Crippen molar-refractivity contribution >= 4 is 12.0 Å². The van der Waals surface area contributed by atoms with E-state index in [2.05, 4.69) is 13.8 Å². The van der Waals surface area contributed by atoms with Gasteiger partial charge in [0.15, 0.2) is 11.5 Å². The van der Waals surface area contributed by atoms with Crippen LogP contribution in [-0.4, -0.2) is 25.8 Å². The molecule has 0 spiro atoms. The Labute approximate surface area is 174 Å². The number of rotatable bonds is 13. The fraction of sp³-hybridized carbons (Fsp3) is 0.400. The first-order chi connectivity index (χ1) is 14.2. The van der Waals surface area contributed by atoms with Gasteiger partial charge in [0.05, 0.1) is 19.8 Å². The van der Waals surface area contributed by atoms with Gasteiger partial charge >= 0.3 is 5.97 Å². The fourth-order valence-corrected chi connectivity index (χ4v) is 2.64. The number of benzene rings is 2. The predicted octanol–water partition coefficient (Wildman–Crippen LogP) is 5.84. The number of carbonyl (C=O) groups excluding carboxylic acids is 1. The number of ether oxygens (including phenoxy) is 3. The molecule has 0 saturated carbocycles. The quantitative estimate of drug-likeness (QED) is 0.242. The molecular weight excluding hydrogens is 364 g/mol. The Bertz CT molecular complexity index is 753. The first-order valence-corrected chi connectivity index (χ1v) is 10.5. The van der Waals surface area contributed by atoms with Crippen molar-refractivity contribution in [2.24, 2.45) is 0 Å². The molecule has 0 bridgehead atoms. The van der Waals surface area contributed by atoms with E-state index in [0.29, 0.717) is 32.0 Å². The lowest BCUT2D eigenvalue weighted by atomic mass is 10.2. The summed E-state index contributed by atoms with van der Waals surface area (Å²) in [6.07, 6.45) is 8.05. The molecule has 2 rings (SSSR count). The fourth-order valence-electron chi connectivity index (χ4n) is 2.64. The molecule has 2 aromatic carbocycles. The highest BCUT2D eigenvalue weighted by atomic mass is 16.5. The van der Waals surface area contributed by atoms with Gasteiger partial charge in [0.25, 0.3) is 0 Å². The van der Waals surface area contributed by atoms with Gasteiger partial charge in [-0.15, -0.1) is 0 Å². The van der Waals surface area contributed by atoms with Crippen molar-refractivity contribution < 1.29 is 19.0 Å². The second kappa shape index (κ2) is 13.4. The summed E-state index contributed by atoms with van der Waals surface area (Å²) in [4.78, 5) is 12.0. The minimum absolute atomic E-state index is 0.349. The maximum absolute atomic E-state index is 12.0. The second-order valence-electron chi connectivity index (χ2n) is 6.85. The average molecular weight is 397 g/mol. The van der Waals surface area contributed by atoms with E-state index in [1.807, 2.05) is 48.5 Å². The van der Waals surface area contributed by atoms with Crippen molar-refractivity contribution in [2.75, 3.05) is 19.8 Å². The summed E-state index contributed by atoms with van der Waals surface area (Å²) >= 11 is 0. The summed E-state index contributed by atoms with van der Waals surface area (Å²) in [6, 6.07) is 15.7. The zero-order valence-electron chi connectivity index (χ0n) is 17.6. The third-order valence-electron chi connectivity index (χ3n) is 4.37. The third-order valence-corrected chi connectivity index (χ3v) is 4.37. The molecule has 0 atom stereocenters. The summed E-state index contributed by atoms with van der Waals surface area (Å²) in [5, 5.41) is 0. The van der Waals surface area contributed by atoms with Crippen molar-refractivity contribution in [3.05, 3.63) is 65.7 Å². The molecule has 0 aromatic heterocycles. The van der Waals surface area contributed by atoms with Gasteiger partial charge in [-0.05, 0) is 42.2 Å².